The molecule has 0 atom stereocenters. The SMILES string of the molecule is Cc1nn(C)c(NCCc2cccs2)c1C(N)=S. The van der Waals surface area contributed by atoms with Gasteiger partial charge in [-0.2, -0.15) is 5.10 Å². The summed E-state index contributed by atoms with van der Waals surface area (Å²) < 4.78 is 1.79. The molecule has 2 rings (SSSR count). The van der Waals surface area contributed by atoms with Gasteiger partial charge in [-0.3, -0.25) is 4.68 Å². The molecule has 0 saturated carbocycles. The topological polar surface area (TPSA) is 55.9 Å². The Labute approximate surface area is 116 Å². The Morgan fingerprint density at radius 1 is 1.61 bits per heavy atom. The lowest BCUT2D eigenvalue weighted by atomic mass is 10.2. The first-order valence-corrected chi connectivity index (χ1v) is 6.98. The average molecular weight is 280 g/mol. The Bertz CT molecular complexity index is 543. The van der Waals surface area contributed by atoms with E-state index in [0.717, 1.165) is 30.0 Å². The van der Waals surface area contributed by atoms with Gasteiger partial charge in [0.2, 0.25) is 0 Å². The first kappa shape index (κ1) is 13.0. The van der Waals surface area contributed by atoms with Crippen LogP contribution >= 0.6 is 23.6 Å². The monoisotopic (exact) mass is 280 g/mol. The third-order valence-electron chi connectivity index (χ3n) is 2.71. The molecule has 0 aliphatic heterocycles. The number of hydrogen-bond acceptors (Lipinski definition) is 4. The maximum Gasteiger partial charge on any atom is 0.134 e. The molecule has 4 nitrogen and oxygen atoms in total. The van der Waals surface area contributed by atoms with Gasteiger partial charge in [0.1, 0.15) is 10.8 Å². The molecule has 0 bridgehead atoms. The van der Waals surface area contributed by atoms with Crippen LogP contribution in [0, 0.1) is 6.92 Å². The Kier molecular flexibility index (Phi) is 3.98. The van der Waals surface area contributed by atoms with Crippen molar-refractivity contribution in [3.63, 3.8) is 0 Å². The highest BCUT2D eigenvalue weighted by Gasteiger charge is 2.14. The zero-order valence-corrected chi connectivity index (χ0v) is 12.1. The Balaban J connectivity index is 2.07. The predicted octanol–water partition coefficient (Wildman–Crippen LogP) is 2.08. The van der Waals surface area contributed by atoms with E-state index in [1.54, 1.807) is 16.0 Å². The van der Waals surface area contributed by atoms with Crippen LogP contribution in [0.4, 0.5) is 5.82 Å². The van der Waals surface area contributed by atoms with Crippen molar-refractivity contribution >= 4 is 34.4 Å². The van der Waals surface area contributed by atoms with Gasteiger partial charge in [-0.25, -0.2) is 0 Å². The number of aromatic nitrogens is 2. The van der Waals surface area contributed by atoms with Crippen LogP contribution in [-0.4, -0.2) is 21.3 Å². The van der Waals surface area contributed by atoms with Crippen LogP contribution in [0.25, 0.3) is 0 Å². The molecule has 0 fully saturated rings. The molecule has 0 aliphatic carbocycles. The van der Waals surface area contributed by atoms with E-state index in [4.69, 9.17) is 18.0 Å². The lowest BCUT2D eigenvalue weighted by Gasteiger charge is -2.08. The lowest BCUT2D eigenvalue weighted by molar-refractivity contribution is 0.757. The predicted molar refractivity (Wildman–Crippen MR) is 80.3 cm³/mol. The van der Waals surface area contributed by atoms with Gasteiger partial charge >= 0.3 is 0 Å². The number of nitrogens with two attached hydrogens (primary N) is 1. The van der Waals surface area contributed by atoms with E-state index in [-0.39, 0.29) is 0 Å². The first-order valence-electron chi connectivity index (χ1n) is 5.69. The number of thiophene rings is 1. The molecule has 0 aromatic carbocycles. The van der Waals surface area contributed by atoms with Crippen LogP contribution in [0.1, 0.15) is 16.1 Å². The standard InChI is InChI=1S/C12H16N4S2/c1-8-10(11(13)17)12(16(2)15-8)14-6-5-9-4-3-7-18-9/h3-4,7,14H,5-6H2,1-2H3,(H2,13,17). The fourth-order valence-corrected chi connectivity index (χ4v) is 2.87. The molecule has 0 radical (unpaired) electrons. The van der Waals surface area contributed by atoms with Crippen LogP contribution in [0.5, 0.6) is 0 Å². The Morgan fingerprint density at radius 2 is 2.39 bits per heavy atom. The summed E-state index contributed by atoms with van der Waals surface area (Å²) in [5.74, 6) is 0.900. The van der Waals surface area contributed by atoms with Crippen molar-refractivity contribution in [1.82, 2.24) is 9.78 Å². The third kappa shape index (κ3) is 2.70. The van der Waals surface area contributed by atoms with Crippen molar-refractivity contribution < 1.29 is 0 Å². The summed E-state index contributed by atoms with van der Waals surface area (Å²) in [6, 6.07) is 4.20. The fraction of sp³-hybridized carbons (Fsp3) is 0.333. The molecule has 2 aromatic rings. The van der Waals surface area contributed by atoms with Crippen LogP contribution < -0.4 is 11.1 Å². The van der Waals surface area contributed by atoms with E-state index in [9.17, 15) is 0 Å². The molecular weight excluding hydrogens is 264 g/mol. The number of rotatable bonds is 5. The molecule has 2 aromatic heterocycles. The second-order valence-corrected chi connectivity index (χ2v) is 5.53. The van der Waals surface area contributed by atoms with Gasteiger partial charge in [-0.05, 0) is 24.8 Å². The summed E-state index contributed by atoms with van der Waals surface area (Å²) in [4.78, 5) is 1.75. The molecule has 3 N–H and O–H groups in total. The van der Waals surface area contributed by atoms with E-state index in [1.165, 1.54) is 4.88 Å². The van der Waals surface area contributed by atoms with Gasteiger partial charge in [0.25, 0.3) is 0 Å². The van der Waals surface area contributed by atoms with Crippen LogP contribution in [0.15, 0.2) is 17.5 Å². The van der Waals surface area contributed by atoms with Crippen LogP contribution in [0.2, 0.25) is 0 Å². The normalized spacial score (nSPS) is 10.6. The maximum atomic E-state index is 5.74. The van der Waals surface area contributed by atoms with Crippen molar-refractivity contribution in [2.75, 3.05) is 11.9 Å². The highest BCUT2D eigenvalue weighted by atomic mass is 32.1. The highest BCUT2D eigenvalue weighted by molar-refractivity contribution is 7.80. The second-order valence-electron chi connectivity index (χ2n) is 4.05. The molecule has 0 amide bonds. The number of hydrogen-bond donors (Lipinski definition) is 2. The second kappa shape index (κ2) is 5.49. The fourth-order valence-electron chi connectivity index (χ4n) is 1.91. The minimum Gasteiger partial charge on any atom is -0.389 e. The van der Waals surface area contributed by atoms with E-state index in [2.05, 4.69) is 27.9 Å². The quantitative estimate of drug-likeness (QED) is 0.823. The molecule has 0 unspecified atom stereocenters. The summed E-state index contributed by atoms with van der Waals surface area (Å²) >= 11 is 6.83. The third-order valence-corrected chi connectivity index (χ3v) is 3.85. The lowest BCUT2D eigenvalue weighted by Crippen LogP contribution is -2.15. The van der Waals surface area contributed by atoms with Gasteiger partial charge in [0, 0.05) is 18.5 Å². The zero-order chi connectivity index (χ0) is 13.1. The molecular formula is C12H16N4S2. The summed E-state index contributed by atoms with van der Waals surface area (Å²) in [5, 5.41) is 9.79. The van der Waals surface area contributed by atoms with Crippen molar-refractivity contribution in [2.24, 2.45) is 12.8 Å². The molecule has 2 heterocycles. The van der Waals surface area contributed by atoms with Gasteiger partial charge in [0.05, 0.1) is 11.3 Å². The number of nitrogens with one attached hydrogen (secondary N) is 1. The van der Waals surface area contributed by atoms with Crippen molar-refractivity contribution in [3.05, 3.63) is 33.6 Å². The smallest absolute Gasteiger partial charge is 0.134 e. The molecule has 6 heteroatoms. The minimum absolute atomic E-state index is 0.388. The largest absolute Gasteiger partial charge is 0.389 e. The van der Waals surface area contributed by atoms with Gasteiger partial charge in [-0.1, -0.05) is 18.3 Å². The summed E-state index contributed by atoms with van der Waals surface area (Å²) in [6.45, 7) is 2.76. The van der Waals surface area contributed by atoms with E-state index in [1.807, 2.05) is 14.0 Å². The number of nitrogens with zero attached hydrogens (tertiary/aromatic N) is 2. The molecule has 18 heavy (non-hydrogen) atoms. The number of anilines is 1. The minimum atomic E-state index is 0.388. The van der Waals surface area contributed by atoms with Crippen molar-refractivity contribution in [1.29, 1.82) is 0 Å². The highest BCUT2D eigenvalue weighted by Crippen LogP contribution is 2.18. The van der Waals surface area contributed by atoms with Gasteiger partial charge in [0.15, 0.2) is 0 Å². The molecule has 0 spiro atoms. The summed E-state index contributed by atoms with van der Waals surface area (Å²) in [5.41, 5.74) is 7.45. The van der Waals surface area contributed by atoms with E-state index < -0.39 is 0 Å². The molecule has 0 aliphatic rings. The number of thiocarbonyl (C=S) groups is 1. The van der Waals surface area contributed by atoms with E-state index in [0.29, 0.717) is 4.99 Å². The van der Waals surface area contributed by atoms with Gasteiger partial charge < -0.3 is 11.1 Å². The number of aryl methyl sites for hydroxylation is 2. The summed E-state index contributed by atoms with van der Waals surface area (Å²) in [7, 11) is 1.89. The zero-order valence-electron chi connectivity index (χ0n) is 10.4. The Hall–Kier alpha value is -1.40. The van der Waals surface area contributed by atoms with Crippen LogP contribution in [-0.2, 0) is 13.5 Å². The average Bonchev–Trinajstić information content (AvgIpc) is 2.87. The molecule has 96 valence electrons. The Morgan fingerprint density at radius 3 is 3.00 bits per heavy atom. The van der Waals surface area contributed by atoms with Crippen molar-refractivity contribution in [2.45, 2.75) is 13.3 Å². The maximum absolute atomic E-state index is 5.74. The summed E-state index contributed by atoms with van der Waals surface area (Å²) in [6.07, 6.45) is 0.985. The van der Waals surface area contributed by atoms with Crippen molar-refractivity contribution in [3.8, 4) is 0 Å². The van der Waals surface area contributed by atoms with E-state index >= 15 is 0 Å². The first-order chi connectivity index (χ1) is 8.59. The molecule has 0 saturated heterocycles. The van der Waals surface area contributed by atoms with Crippen LogP contribution in [0.3, 0.4) is 0 Å². The van der Waals surface area contributed by atoms with Gasteiger partial charge in [-0.15, -0.1) is 11.3 Å².